The van der Waals surface area contributed by atoms with Gasteiger partial charge < -0.3 is 38.6 Å². The summed E-state index contributed by atoms with van der Waals surface area (Å²) in [5.74, 6) is 2.28. The Hall–Kier alpha value is -3.10. The van der Waals surface area contributed by atoms with Gasteiger partial charge in [0.05, 0.1) is 42.2 Å². The molecule has 0 aromatic heterocycles. The fourth-order valence-corrected chi connectivity index (χ4v) is 3.19. The maximum atomic E-state index is 10.6. The summed E-state index contributed by atoms with van der Waals surface area (Å²) in [6, 6.07) is 6.90. The maximum Gasteiger partial charge on any atom is 0.204 e. The van der Waals surface area contributed by atoms with E-state index in [4.69, 9.17) is 28.4 Å². The molecule has 0 unspecified atom stereocenters. The molecule has 0 aliphatic heterocycles. The van der Waals surface area contributed by atoms with Crippen LogP contribution in [-0.2, 0) is 6.42 Å². The summed E-state index contributed by atoms with van der Waals surface area (Å²) in [4.78, 5) is 0. The van der Waals surface area contributed by atoms with Crippen LogP contribution >= 0.6 is 0 Å². The Morgan fingerprint density at radius 2 is 1.29 bits per heavy atom. The minimum atomic E-state index is -1.26. The van der Waals surface area contributed by atoms with Crippen LogP contribution in [0.1, 0.15) is 17.2 Å². The normalized spacial score (nSPS) is 12.5. The first-order valence-electron chi connectivity index (χ1n) is 9.59. The van der Waals surface area contributed by atoms with Crippen molar-refractivity contribution < 1.29 is 38.6 Å². The minimum Gasteiger partial charge on any atom is -0.493 e. The number of rotatable bonds is 12. The van der Waals surface area contributed by atoms with Crippen molar-refractivity contribution in [1.82, 2.24) is 0 Å². The van der Waals surface area contributed by atoms with Crippen LogP contribution in [0.15, 0.2) is 36.9 Å². The molecule has 2 rings (SSSR count). The van der Waals surface area contributed by atoms with E-state index in [0.29, 0.717) is 40.7 Å². The zero-order chi connectivity index (χ0) is 23.0. The number of hydrogen-bond acceptors (Lipinski definition) is 8. The Balaban J connectivity index is 2.61. The van der Waals surface area contributed by atoms with Crippen LogP contribution in [0.3, 0.4) is 0 Å². The molecule has 0 fully saturated rings. The minimum absolute atomic E-state index is 0.282. The average Bonchev–Trinajstić information content (AvgIpc) is 2.81. The first-order valence-corrected chi connectivity index (χ1v) is 9.59. The van der Waals surface area contributed by atoms with Gasteiger partial charge in [0.2, 0.25) is 11.5 Å². The third kappa shape index (κ3) is 5.34. The van der Waals surface area contributed by atoms with Crippen molar-refractivity contribution >= 4 is 0 Å². The highest BCUT2D eigenvalue weighted by Crippen LogP contribution is 2.45. The number of hydrogen-bond donors (Lipinski definition) is 2. The number of methoxy groups -OCH3 is 5. The molecule has 0 aliphatic carbocycles. The van der Waals surface area contributed by atoms with Crippen molar-refractivity contribution in [3.63, 3.8) is 0 Å². The Labute approximate surface area is 182 Å². The monoisotopic (exact) mass is 434 g/mol. The van der Waals surface area contributed by atoms with Crippen molar-refractivity contribution in [2.75, 3.05) is 42.2 Å². The molecule has 2 aromatic rings. The molecular weight excluding hydrogens is 404 g/mol. The third-order valence-electron chi connectivity index (χ3n) is 4.70. The molecule has 0 radical (unpaired) electrons. The van der Waals surface area contributed by atoms with E-state index in [1.54, 1.807) is 30.3 Å². The van der Waals surface area contributed by atoms with Crippen LogP contribution in [0, 0.1) is 0 Å². The molecule has 0 saturated heterocycles. The molecule has 0 spiro atoms. The molecule has 0 bridgehead atoms. The van der Waals surface area contributed by atoms with Crippen LogP contribution in [0.4, 0.5) is 0 Å². The lowest BCUT2D eigenvalue weighted by Crippen LogP contribution is -2.27. The summed E-state index contributed by atoms with van der Waals surface area (Å²) >= 11 is 0. The SMILES string of the molecule is C=CCc1cc(OC)c(O[C@H](c2cc(OC)c(OC)c(OC)c2)[C@H](O)CO)c(OC)c1. The molecule has 0 saturated carbocycles. The first-order chi connectivity index (χ1) is 15.0. The maximum absolute atomic E-state index is 10.6. The number of allylic oxidation sites excluding steroid dienone is 1. The van der Waals surface area contributed by atoms with Crippen LogP contribution in [0.5, 0.6) is 34.5 Å². The second-order valence-corrected chi connectivity index (χ2v) is 6.57. The number of aliphatic hydroxyl groups excluding tert-OH is 2. The van der Waals surface area contributed by atoms with E-state index >= 15 is 0 Å². The smallest absolute Gasteiger partial charge is 0.204 e. The molecular formula is C23H30O8. The number of ether oxygens (including phenoxy) is 6. The summed E-state index contributed by atoms with van der Waals surface area (Å²) in [6.07, 6.45) is 0.128. The molecule has 8 heteroatoms. The van der Waals surface area contributed by atoms with Gasteiger partial charge in [-0.05, 0) is 36.2 Å². The molecule has 0 amide bonds. The van der Waals surface area contributed by atoms with Crippen LogP contribution in [-0.4, -0.2) is 58.5 Å². The fourth-order valence-electron chi connectivity index (χ4n) is 3.19. The Morgan fingerprint density at radius 3 is 1.68 bits per heavy atom. The topological polar surface area (TPSA) is 95.8 Å². The predicted octanol–water partition coefficient (Wildman–Crippen LogP) is 2.93. The van der Waals surface area contributed by atoms with Crippen molar-refractivity contribution in [2.45, 2.75) is 18.6 Å². The van der Waals surface area contributed by atoms with Gasteiger partial charge in [-0.15, -0.1) is 6.58 Å². The fraction of sp³-hybridized carbons (Fsp3) is 0.391. The van der Waals surface area contributed by atoms with Gasteiger partial charge in [-0.3, -0.25) is 0 Å². The van der Waals surface area contributed by atoms with Gasteiger partial charge in [0, 0.05) is 5.56 Å². The van der Waals surface area contributed by atoms with E-state index in [1.807, 2.05) is 0 Å². The molecule has 2 N–H and O–H groups in total. The van der Waals surface area contributed by atoms with E-state index in [9.17, 15) is 10.2 Å². The zero-order valence-corrected chi connectivity index (χ0v) is 18.5. The van der Waals surface area contributed by atoms with Gasteiger partial charge in [0.1, 0.15) is 6.10 Å². The largest absolute Gasteiger partial charge is 0.493 e. The quantitative estimate of drug-likeness (QED) is 0.493. The molecule has 8 nitrogen and oxygen atoms in total. The average molecular weight is 434 g/mol. The van der Waals surface area contributed by atoms with Crippen molar-refractivity contribution in [1.29, 1.82) is 0 Å². The molecule has 170 valence electrons. The first kappa shape index (κ1) is 24.2. The van der Waals surface area contributed by atoms with Crippen molar-refractivity contribution in [3.05, 3.63) is 48.0 Å². The molecule has 0 aliphatic rings. The molecule has 2 atom stereocenters. The van der Waals surface area contributed by atoms with E-state index in [2.05, 4.69) is 6.58 Å². The van der Waals surface area contributed by atoms with Gasteiger partial charge in [-0.1, -0.05) is 6.08 Å². The number of aliphatic hydroxyl groups is 2. The van der Waals surface area contributed by atoms with Gasteiger partial charge in [-0.25, -0.2) is 0 Å². The Morgan fingerprint density at radius 1 is 0.806 bits per heavy atom. The van der Waals surface area contributed by atoms with Gasteiger partial charge in [0.25, 0.3) is 0 Å². The molecule has 0 heterocycles. The van der Waals surface area contributed by atoms with E-state index in [1.165, 1.54) is 35.5 Å². The Bertz CT molecular complexity index is 830. The highest BCUT2D eigenvalue weighted by atomic mass is 16.6. The zero-order valence-electron chi connectivity index (χ0n) is 18.5. The summed E-state index contributed by atoms with van der Waals surface area (Å²) < 4.78 is 33.3. The highest BCUT2D eigenvalue weighted by Gasteiger charge is 2.29. The van der Waals surface area contributed by atoms with Gasteiger partial charge in [-0.2, -0.15) is 0 Å². The second-order valence-electron chi connectivity index (χ2n) is 6.57. The summed E-state index contributed by atoms with van der Waals surface area (Å²) in [7, 11) is 7.50. The van der Waals surface area contributed by atoms with E-state index < -0.39 is 18.8 Å². The molecule has 2 aromatic carbocycles. The lowest BCUT2D eigenvalue weighted by atomic mass is 10.0. The van der Waals surface area contributed by atoms with Gasteiger partial charge >= 0.3 is 0 Å². The number of benzene rings is 2. The highest BCUT2D eigenvalue weighted by molar-refractivity contribution is 5.56. The predicted molar refractivity (Wildman–Crippen MR) is 116 cm³/mol. The lowest BCUT2D eigenvalue weighted by molar-refractivity contribution is -0.00406. The van der Waals surface area contributed by atoms with Crippen LogP contribution in [0.2, 0.25) is 0 Å². The van der Waals surface area contributed by atoms with Gasteiger partial charge in [0.15, 0.2) is 29.1 Å². The summed E-state index contributed by atoms with van der Waals surface area (Å²) in [5.41, 5.74) is 1.42. The third-order valence-corrected chi connectivity index (χ3v) is 4.70. The summed E-state index contributed by atoms with van der Waals surface area (Å²) in [6.45, 7) is 3.21. The van der Waals surface area contributed by atoms with Crippen LogP contribution in [0.25, 0.3) is 0 Å². The standard InChI is InChI=1S/C23H30O8/c1-7-8-14-9-17(26-2)23(18(10-14)27-3)31-21(16(25)13-24)15-11-19(28-4)22(30-6)20(12-15)29-5/h7,9-12,16,21,24-25H,1,8,13H2,2-6H3/t16-,21-/m1/s1. The van der Waals surface area contributed by atoms with Crippen LogP contribution < -0.4 is 28.4 Å². The lowest BCUT2D eigenvalue weighted by Gasteiger charge is -2.27. The van der Waals surface area contributed by atoms with Crippen molar-refractivity contribution in [2.24, 2.45) is 0 Å². The van der Waals surface area contributed by atoms with E-state index in [0.717, 1.165) is 5.56 Å². The molecule has 31 heavy (non-hydrogen) atoms. The van der Waals surface area contributed by atoms with Crippen molar-refractivity contribution in [3.8, 4) is 34.5 Å². The van der Waals surface area contributed by atoms with E-state index in [-0.39, 0.29) is 5.75 Å². The second kappa shape index (κ2) is 11.3. The summed E-state index contributed by atoms with van der Waals surface area (Å²) in [5, 5.41) is 20.2. The Kier molecular flexibility index (Phi) is 8.84.